The lowest BCUT2D eigenvalue weighted by Crippen LogP contribution is -2.36. The van der Waals surface area contributed by atoms with Gasteiger partial charge in [-0.15, -0.1) is 0 Å². The van der Waals surface area contributed by atoms with Gasteiger partial charge in [0.1, 0.15) is 5.75 Å². The number of benzene rings is 1. The Morgan fingerprint density at radius 1 is 1.32 bits per heavy atom. The van der Waals surface area contributed by atoms with E-state index in [2.05, 4.69) is 77.0 Å². The molecule has 4 heteroatoms. The van der Waals surface area contributed by atoms with Gasteiger partial charge < -0.3 is 10.1 Å². The summed E-state index contributed by atoms with van der Waals surface area (Å²) in [4.78, 5) is 0. The Bertz CT molecular complexity index is 476. The predicted octanol–water partition coefficient (Wildman–Crippen LogP) is 5.01. The van der Waals surface area contributed by atoms with E-state index in [0.29, 0.717) is 0 Å². The fraction of sp³-hybridized carbons (Fsp3) is 0.467. The van der Waals surface area contributed by atoms with E-state index in [9.17, 15) is 0 Å². The zero-order valence-corrected chi connectivity index (χ0v) is 15.3. The summed E-state index contributed by atoms with van der Waals surface area (Å²) in [7, 11) is 1.69. The molecule has 0 amide bonds. The maximum Gasteiger partial charge on any atom is 0.140 e. The molecular weight excluding hydrogens is 370 g/mol. The molecule has 0 heterocycles. The third kappa shape index (κ3) is 5.67. The van der Waals surface area contributed by atoms with Crippen LogP contribution in [0.5, 0.6) is 5.75 Å². The molecule has 0 bridgehead atoms. The zero-order chi connectivity index (χ0) is 14.6. The predicted molar refractivity (Wildman–Crippen MR) is 89.8 cm³/mol. The molecule has 0 saturated carbocycles. The summed E-state index contributed by atoms with van der Waals surface area (Å²) in [6, 6.07) is 4.04. The highest BCUT2D eigenvalue weighted by Crippen LogP contribution is 2.33. The van der Waals surface area contributed by atoms with Crippen LogP contribution in [-0.2, 0) is 0 Å². The van der Waals surface area contributed by atoms with Gasteiger partial charge in [-0.3, -0.25) is 0 Å². The summed E-state index contributed by atoms with van der Waals surface area (Å²) in [5, 5.41) is 3.48. The third-order valence-corrected chi connectivity index (χ3v) is 3.59. The molecule has 0 spiro atoms. The standard InChI is InChI=1S/C15H21Br2NO/c1-10(9-18-15(2,3)4)6-11-7-12(16)8-13(17)14(11)19-5/h6-8,18H,9H2,1-5H3. The van der Waals surface area contributed by atoms with Gasteiger partial charge in [0.2, 0.25) is 0 Å². The summed E-state index contributed by atoms with van der Waals surface area (Å²) >= 11 is 7.03. The smallest absolute Gasteiger partial charge is 0.140 e. The number of rotatable bonds is 4. The zero-order valence-electron chi connectivity index (χ0n) is 12.1. The van der Waals surface area contributed by atoms with E-state index in [1.165, 1.54) is 5.57 Å². The molecule has 0 aliphatic rings. The van der Waals surface area contributed by atoms with Gasteiger partial charge in [-0.25, -0.2) is 0 Å². The fourth-order valence-electron chi connectivity index (χ4n) is 1.62. The van der Waals surface area contributed by atoms with Crippen molar-refractivity contribution < 1.29 is 4.74 Å². The van der Waals surface area contributed by atoms with E-state index >= 15 is 0 Å². The summed E-state index contributed by atoms with van der Waals surface area (Å²) in [6.45, 7) is 9.47. The Hall–Kier alpha value is -0.320. The van der Waals surface area contributed by atoms with Crippen molar-refractivity contribution in [3.8, 4) is 5.75 Å². The van der Waals surface area contributed by atoms with Crippen molar-refractivity contribution in [2.75, 3.05) is 13.7 Å². The summed E-state index contributed by atoms with van der Waals surface area (Å²) < 4.78 is 7.43. The minimum atomic E-state index is 0.122. The number of nitrogens with one attached hydrogen (secondary N) is 1. The van der Waals surface area contributed by atoms with E-state index in [-0.39, 0.29) is 5.54 Å². The first-order valence-corrected chi connectivity index (χ1v) is 7.77. The normalized spacial score (nSPS) is 12.7. The van der Waals surface area contributed by atoms with Crippen molar-refractivity contribution in [1.29, 1.82) is 0 Å². The number of hydrogen-bond acceptors (Lipinski definition) is 2. The van der Waals surface area contributed by atoms with Crippen LogP contribution in [0.2, 0.25) is 0 Å². The molecule has 0 radical (unpaired) electrons. The highest BCUT2D eigenvalue weighted by atomic mass is 79.9. The monoisotopic (exact) mass is 389 g/mol. The summed E-state index contributed by atoms with van der Waals surface area (Å²) in [5.41, 5.74) is 2.45. The van der Waals surface area contributed by atoms with Crippen molar-refractivity contribution >= 4 is 37.9 Å². The molecule has 1 rings (SSSR count). The molecule has 0 aromatic heterocycles. The second-order valence-electron chi connectivity index (χ2n) is 5.60. The average Bonchev–Trinajstić information content (AvgIpc) is 2.25. The number of ether oxygens (including phenoxy) is 1. The molecule has 2 nitrogen and oxygen atoms in total. The lowest BCUT2D eigenvalue weighted by Gasteiger charge is -2.21. The SMILES string of the molecule is COc1c(Br)cc(Br)cc1C=C(C)CNC(C)(C)C. The first kappa shape index (κ1) is 16.7. The van der Waals surface area contributed by atoms with Crippen LogP contribution in [0.3, 0.4) is 0 Å². The van der Waals surface area contributed by atoms with Gasteiger partial charge in [-0.1, -0.05) is 27.6 Å². The van der Waals surface area contributed by atoms with Crippen LogP contribution in [0.25, 0.3) is 6.08 Å². The molecule has 0 atom stereocenters. The Labute approximate surface area is 132 Å². The van der Waals surface area contributed by atoms with Crippen LogP contribution in [0, 0.1) is 0 Å². The van der Waals surface area contributed by atoms with Gasteiger partial charge in [0, 0.05) is 22.1 Å². The quantitative estimate of drug-likeness (QED) is 0.779. The largest absolute Gasteiger partial charge is 0.495 e. The first-order valence-electron chi connectivity index (χ1n) is 6.18. The van der Waals surface area contributed by atoms with Gasteiger partial charge in [0.25, 0.3) is 0 Å². The second kappa shape index (κ2) is 6.91. The van der Waals surface area contributed by atoms with Crippen LogP contribution in [0.1, 0.15) is 33.3 Å². The minimum absolute atomic E-state index is 0.122. The van der Waals surface area contributed by atoms with Crippen LogP contribution in [0.4, 0.5) is 0 Å². The Morgan fingerprint density at radius 3 is 2.47 bits per heavy atom. The van der Waals surface area contributed by atoms with Crippen molar-refractivity contribution in [2.24, 2.45) is 0 Å². The van der Waals surface area contributed by atoms with Gasteiger partial charge >= 0.3 is 0 Å². The molecular formula is C15H21Br2NO. The molecule has 106 valence electrons. The van der Waals surface area contributed by atoms with Gasteiger partial charge in [-0.2, -0.15) is 0 Å². The van der Waals surface area contributed by atoms with Crippen molar-refractivity contribution in [3.63, 3.8) is 0 Å². The van der Waals surface area contributed by atoms with Gasteiger partial charge in [0.15, 0.2) is 0 Å². The fourth-order valence-corrected chi connectivity index (χ4v) is 3.04. The Balaban J connectivity index is 2.97. The average molecular weight is 391 g/mol. The lowest BCUT2D eigenvalue weighted by molar-refractivity contribution is 0.411. The topological polar surface area (TPSA) is 21.3 Å². The molecule has 1 aromatic carbocycles. The molecule has 0 saturated heterocycles. The van der Waals surface area contributed by atoms with E-state index in [1.807, 2.05) is 6.07 Å². The van der Waals surface area contributed by atoms with Crippen LogP contribution in [0.15, 0.2) is 26.7 Å². The maximum atomic E-state index is 5.44. The maximum absolute atomic E-state index is 5.44. The lowest BCUT2D eigenvalue weighted by atomic mass is 10.1. The van der Waals surface area contributed by atoms with E-state index in [1.54, 1.807) is 7.11 Å². The van der Waals surface area contributed by atoms with Crippen molar-refractivity contribution in [3.05, 3.63) is 32.2 Å². The highest BCUT2D eigenvalue weighted by Gasteiger charge is 2.10. The molecule has 1 N–H and O–H groups in total. The van der Waals surface area contributed by atoms with Crippen LogP contribution < -0.4 is 10.1 Å². The first-order chi connectivity index (χ1) is 8.73. The molecule has 1 aromatic rings. The summed E-state index contributed by atoms with van der Waals surface area (Å²) in [6.07, 6.45) is 2.15. The Kier molecular flexibility index (Phi) is 6.09. The second-order valence-corrected chi connectivity index (χ2v) is 7.37. The highest BCUT2D eigenvalue weighted by molar-refractivity contribution is 9.11. The summed E-state index contributed by atoms with van der Waals surface area (Å²) in [5.74, 6) is 0.860. The van der Waals surface area contributed by atoms with Gasteiger partial charge in [-0.05, 0) is 55.8 Å². The number of hydrogen-bond donors (Lipinski definition) is 1. The van der Waals surface area contributed by atoms with E-state index in [0.717, 1.165) is 26.8 Å². The van der Waals surface area contributed by atoms with E-state index < -0.39 is 0 Å². The molecule has 0 aliphatic heterocycles. The molecule has 0 aliphatic carbocycles. The molecule has 0 fully saturated rings. The van der Waals surface area contributed by atoms with Crippen molar-refractivity contribution in [1.82, 2.24) is 5.32 Å². The number of methoxy groups -OCH3 is 1. The van der Waals surface area contributed by atoms with Gasteiger partial charge in [0.05, 0.1) is 11.6 Å². The number of halogens is 2. The van der Waals surface area contributed by atoms with Crippen LogP contribution >= 0.6 is 31.9 Å². The van der Waals surface area contributed by atoms with E-state index in [4.69, 9.17) is 4.74 Å². The van der Waals surface area contributed by atoms with Crippen molar-refractivity contribution in [2.45, 2.75) is 33.2 Å². The Morgan fingerprint density at radius 2 is 1.95 bits per heavy atom. The molecule has 19 heavy (non-hydrogen) atoms. The third-order valence-electron chi connectivity index (χ3n) is 2.54. The van der Waals surface area contributed by atoms with Crippen LogP contribution in [-0.4, -0.2) is 19.2 Å². The minimum Gasteiger partial charge on any atom is -0.495 e. The molecule has 0 unspecified atom stereocenters.